The lowest BCUT2D eigenvalue weighted by Crippen LogP contribution is -2.58. The molecule has 0 bridgehead atoms. The summed E-state index contributed by atoms with van der Waals surface area (Å²) in [4.78, 5) is 0. The molecule has 0 radical (unpaired) electrons. The molecule has 0 saturated carbocycles. The van der Waals surface area contributed by atoms with Gasteiger partial charge in [0.15, 0.2) is 0 Å². The van der Waals surface area contributed by atoms with E-state index in [1.54, 1.807) is 10.4 Å². The smallest absolute Gasteiger partial charge is 0.0648 e. The molecule has 0 unspecified atom stereocenters. The van der Waals surface area contributed by atoms with E-state index in [9.17, 15) is 0 Å². The molecule has 0 heterocycles. The van der Waals surface area contributed by atoms with E-state index in [2.05, 4.69) is 107 Å². The van der Waals surface area contributed by atoms with Gasteiger partial charge in [0.1, 0.15) is 0 Å². The molecule has 0 aliphatic carbocycles. The summed E-state index contributed by atoms with van der Waals surface area (Å²) in [5, 5.41) is 3.36. The summed E-state index contributed by atoms with van der Waals surface area (Å²) in [6.45, 7) is 29.6. The third kappa shape index (κ3) is 3.65. The predicted octanol–water partition coefficient (Wildman–Crippen LogP) is 7.46. The fourth-order valence-corrected chi connectivity index (χ4v) is 20.5. The summed E-state index contributed by atoms with van der Waals surface area (Å²) in [5.41, 5.74) is 4.64. The molecule has 0 spiro atoms. The quantitative estimate of drug-likeness (QED) is 0.404. The zero-order valence-electron chi connectivity index (χ0n) is 19.8. The molecular weight excluding hydrogens is 344 g/mol. The van der Waals surface area contributed by atoms with Crippen LogP contribution < -0.4 is 10.4 Å². The van der Waals surface area contributed by atoms with Crippen molar-refractivity contribution in [3.8, 4) is 0 Å². The fourth-order valence-electron chi connectivity index (χ4n) is 7.05. The van der Waals surface area contributed by atoms with E-state index in [-0.39, 0.29) is 0 Å². The molecule has 0 aliphatic rings. The van der Waals surface area contributed by atoms with E-state index in [1.165, 1.54) is 0 Å². The Morgan fingerprint density at radius 3 is 0.654 bits per heavy atom. The molecule has 0 fully saturated rings. The van der Waals surface area contributed by atoms with Gasteiger partial charge in [0.25, 0.3) is 0 Å². The van der Waals surface area contributed by atoms with Crippen LogP contribution in [0.1, 0.15) is 83.1 Å². The zero-order valence-corrected chi connectivity index (χ0v) is 21.8. The van der Waals surface area contributed by atoms with Gasteiger partial charge in [0.2, 0.25) is 0 Å². The largest absolute Gasteiger partial charge is 0.0942 e. The number of hydrogen-bond acceptors (Lipinski definition) is 0. The first-order valence-electron chi connectivity index (χ1n) is 11.0. The Balaban J connectivity index is 3.58. The standard InChI is InChI=1S/C24H46Si2/c1-17(2)25(18(3)4,19(5)6)23-13-15-24(16-14-23)26(20(7)8,21(9)10)22(11)12/h13-22H,1-12H3. The number of rotatable bonds is 8. The zero-order chi connectivity index (χ0) is 20.4. The van der Waals surface area contributed by atoms with Gasteiger partial charge in [-0.05, 0) is 33.2 Å². The molecular formula is C24H46Si2. The summed E-state index contributed by atoms with van der Waals surface area (Å²) in [6.07, 6.45) is 0. The van der Waals surface area contributed by atoms with E-state index < -0.39 is 16.1 Å². The molecule has 26 heavy (non-hydrogen) atoms. The van der Waals surface area contributed by atoms with Crippen LogP contribution in [-0.2, 0) is 0 Å². The van der Waals surface area contributed by atoms with Crippen molar-refractivity contribution in [3.05, 3.63) is 24.3 Å². The Bertz CT molecular complexity index is 456. The van der Waals surface area contributed by atoms with Gasteiger partial charge in [-0.15, -0.1) is 0 Å². The van der Waals surface area contributed by atoms with Crippen LogP contribution in [0.25, 0.3) is 0 Å². The Labute approximate surface area is 167 Å². The normalized spacial score (nSPS) is 13.9. The molecule has 0 nitrogen and oxygen atoms in total. The van der Waals surface area contributed by atoms with E-state index in [0.717, 1.165) is 33.2 Å². The summed E-state index contributed by atoms with van der Waals surface area (Å²) in [7, 11) is -3.10. The summed E-state index contributed by atoms with van der Waals surface area (Å²) < 4.78 is 0. The maximum Gasteiger partial charge on any atom is 0.0942 e. The van der Waals surface area contributed by atoms with Gasteiger partial charge >= 0.3 is 0 Å². The van der Waals surface area contributed by atoms with Crippen molar-refractivity contribution in [1.29, 1.82) is 0 Å². The van der Waals surface area contributed by atoms with Gasteiger partial charge in [-0.3, -0.25) is 0 Å². The molecule has 0 N–H and O–H groups in total. The van der Waals surface area contributed by atoms with Crippen molar-refractivity contribution in [2.75, 3.05) is 0 Å². The summed E-state index contributed by atoms with van der Waals surface area (Å²) in [6, 6.07) is 10.2. The molecule has 150 valence electrons. The van der Waals surface area contributed by atoms with Crippen LogP contribution in [0.4, 0.5) is 0 Å². The highest BCUT2D eigenvalue weighted by molar-refractivity contribution is 6.96. The van der Waals surface area contributed by atoms with Crippen molar-refractivity contribution in [2.45, 2.75) is 116 Å². The third-order valence-electron chi connectivity index (χ3n) is 7.62. The Kier molecular flexibility index (Phi) is 7.99. The molecule has 0 saturated heterocycles. The van der Waals surface area contributed by atoms with Gasteiger partial charge in [0.05, 0.1) is 16.1 Å². The maximum atomic E-state index is 2.55. The van der Waals surface area contributed by atoms with E-state index in [1.807, 2.05) is 0 Å². The minimum absolute atomic E-state index is 0.774. The van der Waals surface area contributed by atoms with E-state index in [0.29, 0.717) is 0 Å². The second-order valence-corrected chi connectivity index (χ2v) is 22.2. The molecule has 2 heteroatoms. The van der Waals surface area contributed by atoms with Gasteiger partial charge in [0, 0.05) is 0 Å². The molecule has 0 aliphatic heterocycles. The van der Waals surface area contributed by atoms with Crippen molar-refractivity contribution in [3.63, 3.8) is 0 Å². The van der Waals surface area contributed by atoms with Crippen molar-refractivity contribution < 1.29 is 0 Å². The van der Waals surface area contributed by atoms with Crippen LogP contribution in [0.3, 0.4) is 0 Å². The summed E-state index contributed by atoms with van der Waals surface area (Å²) >= 11 is 0. The van der Waals surface area contributed by atoms with Gasteiger partial charge in [-0.1, -0.05) is 118 Å². The molecule has 0 aromatic heterocycles. The van der Waals surface area contributed by atoms with Crippen LogP contribution >= 0.6 is 0 Å². The van der Waals surface area contributed by atoms with Crippen molar-refractivity contribution in [2.24, 2.45) is 0 Å². The first-order valence-corrected chi connectivity index (χ1v) is 15.4. The second-order valence-electron chi connectivity index (χ2n) is 10.4. The molecule has 0 amide bonds. The Morgan fingerprint density at radius 2 is 0.538 bits per heavy atom. The van der Waals surface area contributed by atoms with Gasteiger partial charge in [-0.2, -0.15) is 0 Å². The van der Waals surface area contributed by atoms with Crippen LogP contribution in [0.5, 0.6) is 0 Å². The molecule has 1 aromatic carbocycles. The fraction of sp³-hybridized carbons (Fsp3) is 0.750. The Hall–Kier alpha value is -0.346. The molecule has 1 rings (SSSR count). The number of benzene rings is 1. The second kappa shape index (κ2) is 8.77. The first-order chi connectivity index (χ1) is 11.9. The van der Waals surface area contributed by atoms with Crippen LogP contribution in [-0.4, -0.2) is 16.1 Å². The highest BCUT2D eigenvalue weighted by atomic mass is 28.3. The lowest BCUT2D eigenvalue weighted by molar-refractivity contribution is 0.832. The SMILES string of the molecule is CC(C)[Si](c1ccc([Si](C(C)C)(C(C)C)C(C)C)cc1)(C(C)C)C(C)C. The third-order valence-corrected chi connectivity index (χ3v) is 21.7. The minimum atomic E-state index is -1.55. The summed E-state index contributed by atoms with van der Waals surface area (Å²) in [5.74, 6) is 0. The average molecular weight is 391 g/mol. The lowest BCUT2D eigenvalue weighted by Gasteiger charge is -2.45. The number of hydrogen-bond donors (Lipinski definition) is 0. The van der Waals surface area contributed by atoms with Crippen LogP contribution in [0, 0.1) is 0 Å². The van der Waals surface area contributed by atoms with Crippen LogP contribution in [0.2, 0.25) is 33.2 Å². The lowest BCUT2D eigenvalue weighted by atomic mass is 10.3. The monoisotopic (exact) mass is 390 g/mol. The van der Waals surface area contributed by atoms with Crippen molar-refractivity contribution >= 4 is 26.5 Å². The first kappa shape index (κ1) is 23.7. The molecule has 1 aromatic rings. The van der Waals surface area contributed by atoms with E-state index in [4.69, 9.17) is 0 Å². The maximum absolute atomic E-state index is 2.55. The minimum Gasteiger partial charge on any atom is -0.0648 e. The highest BCUT2D eigenvalue weighted by Gasteiger charge is 2.46. The van der Waals surface area contributed by atoms with E-state index >= 15 is 0 Å². The van der Waals surface area contributed by atoms with Gasteiger partial charge in [-0.25, -0.2) is 0 Å². The Morgan fingerprint density at radius 1 is 0.385 bits per heavy atom. The highest BCUT2D eigenvalue weighted by Crippen LogP contribution is 2.42. The van der Waals surface area contributed by atoms with Crippen molar-refractivity contribution in [1.82, 2.24) is 0 Å². The topological polar surface area (TPSA) is 0 Å². The average Bonchev–Trinajstić information content (AvgIpc) is 2.47. The molecule has 0 atom stereocenters. The van der Waals surface area contributed by atoms with Gasteiger partial charge < -0.3 is 0 Å². The van der Waals surface area contributed by atoms with Crippen LogP contribution in [0.15, 0.2) is 24.3 Å². The predicted molar refractivity (Wildman–Crippen MR) is 128 cm³/mol.